The molecule has 0 unspecified atom stereocenters. The van der Waals surface area contributed by atoms with Crippen LogP contribution >= 0.6 is 23.1 Å². The van der Waals surface area contributed by atoms with Crippen molar-refractivity contribution in [3.63, 3.8) is 0 Å². The molecule has 0 saturated carbocycles. The fraction of sp³-hybridized carbons (Fsp3) is 0.143. The summed E-state index contributed by atoms with van der Waals surface area (Å²) < 4.78 is 1.46. The van der Waals surface area contributed by atoms with Crippen LogP contribution in [0.3, 0.4) is 0 Å². The molecule has 0 fully saturated rings. The second-order valence-corrected chi connectivity index (χ2v) is 8.59. The van der Waals surface area contributed by atoms with E-state index in [1.165, 1.54) is 10.7 Å². The number of hydrogen-bond acceptors (Lipinski definition) is 6. The Hall–Kier alpha value is -3.17. The highest BCUT2D eigenvalue weighted by Gasteiger charge is 2.16. The summed E-state index contributed by atoms with van der Waals surface area (Å²) in [5, 5.41) is 9.43. The summed E-state index contributed by atoms with van der Waals surface area (Å²) in [6.07, 6.45) is 0.344. The first-order chi connectivity index (χ1) is 14.6. The number of anilines is 1. The van der Waals surface area contributed by atoms with Crippen LogP contribution in [0.15, 0.2) is 69.7 Å². The number of nitrogens with zero attached hydrogens (tertiary/aromatic N) is 3. The molecular formula is C21H19N5O2S2. The zero-order valence-corrected chi connectivity index (χ0v) is 17.8. The smallest absolute Gasteiger partial charge is 0.252 e. The number of amides is 1. The Bertz CT molecular complexity index is 1200. The number of thiophene rings is 1. The molecule has 4 rings (SSSR count). The number of carbonyl (C=O) groups is 1. The summed E-state index contributed by atoms with van der Waals surface area (Å²) in [5.41, 5.74) is 0.990. The van der Waals surface area contributed by atoms with Crippen molar-refractivity contribution in [2.45, 2.75) is 18.2 Å². The molecule has 30 heavy (non-hydrogen) atoms. The first-order valence-corrected chi connectivity index (χ1v) is 11.1. The van der Waals surface area contributed by atoms with Gasteiger partial charge in [-0.3, -0.25) is 14.6 Å². The third-order valence-electron chi connectivity index (χ3n) is 4.15. The lowest BCUT2D eigenvalue weighted by Crippen LogP contribution is -2.19. The van der Waals surface area contributed by atoms with Crippen molar-refractivity contribution in [3.8, 4) is 16.5 Å². The number of H-pyrrole nitrogens is 1. The fourth-order valence-electron chi connectivity index (χ4n) is 2.82. The highest BCUT2D eigenvalue weighted by Crippen LogP contribution is 2.27. The molecule has 0 aliphatic carbocycles. The van der Waals surface area contributed by atoms with Gasteiger partial charge in [0.25, 0.3) is 5.56 Å². The molecule has 4 aromatic rings. The summed E-state index contributed by atoms with van der Waals surface area (Å²) in [6, 6.07) is 17.0. The van der Waals surface area contributed by atoms with E-state index in [0.29, 0.717) is 29.4 Å². The number of rotatable bonds is 7. The third-order valence-corrected chi connectivity index (χ3v) is 6.06. The minimum atomic E-state index is -0.276. The molecule has 3 aromatic heterocycles. The molecule has 3 heterocycles. The monoisotopic (exact) mass is 437 g/mol. The lowest BCUT2D eigenvalue weighted by molar-refractivity contribution is -0.115. The molecular weight excluding hydrogens is 418 g/mol. The molecule has 0 radical (unpaired) electrons. The van der Waals surface area contributed by atoms with Crippen molar-refractivity contribution >= 4 is 34.8 Å². The van der Waals surface area contributed by atoms with Crippen LogP contribution < -0.4 is 10.9 Å². The van der Waals surface area contributed by atoms with Gasteiger partial charge in [0.15, 0.2) is 0 Å². The largest absolute Gasteiger partial charge is 0.310 e. The van der Waals surface area contributed by atoms with E-state index in [-0.39, 0.29) is 17.4 Å². The molecule has 7 nitrogen and oxygen atoms in total. The summed E-state index contributed by atoms with van der Waals surface area (Å²) >= 11 is 3.17. The number of aromatic nitrogens is 4. The van der Waals surface area contributed by atoms with Gasteiger partial charge in [-0.1, -0.05) is 24.3 Å². The van der Waals surface area contributed by atoms with Crippen LogP contribution in [0.2, 0.25) is 0 Å². The molecule has 2 N–H and O–H groups in total. The standard InChI is InChI=1S/C21H19N5O2S2/c1-14-12-20(28)24-21(22-14)26-18(13-16(25-26)17-8-5-10-30-17)23-19(27)9-11-29-15-6-3-2-4-7-15/h2-8,10,12-13H,9,11H2,1H3,(H,23,27)(H,22,24,28). The van der Waals surface area contributed by atoms with Gasteiger partial charge in [0, 0.05) is 34.9 Å². The van der Waals surface area contributed by atoms with Crippen LogP contribution in [0.1, 0.15) is 12.1 Å². The number of carbonyl (C=O) groups excluding carboxylic acids is 1. The quantitative estimate of drug-likeness (QED) is 0.425. The Labute approximate surface area is 181 Å². The second-order valence-electron chi connectivity index (χ2n) is 6.47. The number of hydrogen-bond donors (Lipinski definition) is 2. The van der Waals surface area contributed by atoms with Crippen LogP contribution in [0, 0.1) is 6.92 Å². The molecule has 1 amide bonds. The zero-order valence-electron chi connectivity index (χ0n) is 16.2. The normalized spacial score (nSPS) is 10.8. The van der Waals surface area contributed by atoms with Gasteiger partial charge in [-0.25, -0.2) is 4.98 Å². The highest BCUT2D eigenvalue weighted by atomic mass is 32.2. The van der Waals surface area contributed by atoms with Gasteiger partial charge < -0.3 is 5.32 Å². The first-order valence-electron chi connectivity index (χ1n) is 9.28. The van der Waals surface area contributed by atoms with E-state index in [2.05, 4.69) is 20.4 Å². The van der Waals surface area contributed by atoms with E-state index in [1.54, 1.807) is 36.1 Å². The van der Waals surface area contributed by atoms with Gasteiger partial charge >= 0.3 is 0 Å². The van der Waals surface area contributed by atoms with Gasteiger partial charge in [-0.05, 0) is 30.5 Å². The van der Waals surface area contributed by atoms with Crippen LogP contribution in [-0.4, -0.2) is 31.4 Å². The van der Waals surface area contributed by atoms with Crippen LogP contribution in [-0.2, 0) is 4.79 Å². The van der Waals surface area contributed by atoms with Crippen LogP contribution in [0.5, 0.6) is 0 Å². The van der Waals surface area contributed by atoms with E-state index in [9.17, 15) is 9.59 Å². The number of aromatic amines is 1. The SMILES string of the molecule is Cc1cc(=O)[nH]c(-n2nc(-c3cccs3)cc2NC(=O)CCSc2ccccc2)n1. The Morgan fingerprint density at radius 1 is 1.20 bits per heavy atom. The number of nitrogens with one attached hydrogen (secondary N) is 2. The number of aryl methyl sites for hydroxylation is 1. The van der Waals surface area contributed by atoms with Crippen molar-refractivity contribution < 1.29 is 4.79 Å². The second kappa shape index (κ2) is 9.10. The van der Waals surface area contributed by atoms with Crippen molar-refractivity contribution in [2.24, 2.45) is 0 Å². The van der Waals surface area contributed by atoms with Crippen molar-refractivity contribution in [3.05, 3.63) is 76.0 Å². The van der Waals surface area contributed by atoms with Gasteiger partial charge in [0.2, 0.25) is 11.9 Å². The van der Waals surface area contributed by atoms with E-state index in [4.69, 9.17) is 0 Å². The number of benzene rings is 1. The molecule has 0 aliphatic rings. The molecule has 0 atom stereocenters. The Morgan fingerprint density at radius 2 is 2.03 bits per heavy atom. The summed E-state index contributed by atoms with van der Waals surface area (Å²) in [7, 11) is 0. The van der Waals surface area contributed by atoms with E-state index in [0.717, 1.165) is 9.77 Å². The summed E-state index contributed by atoms with van der Waals surface area (Å²) in [5.74, 6) is 1.24. The fourth-order valence-corrected chi connectivity index (χ4v) is 4.38. The van der Waals surface area contributed by atoms with Crippen molar-refractivity contribution in [2.75, 3.05) is 11.1 Å². The zero-order chi connectivity index (χ0) is 20.9. The van der Waals surface area contributed by atoms with Crippen LogP contribution in [0.4, 0.5) is 5.82 Å². The minimum Gasteiger partial charge on any atom is -0.310 e. The maximum absolute atomic E-state index is 12.6. The van der Waals surface area contributed by atoms with E-state index >= 15 is 0 Å². The van der Waals surface area contributed by atoms with Gasteiger partial charge in [0.05, 0.1) is 4.88 Å². The van der Waals surface area contributed by atoms with Gasteiger partial charge in [0.1, 0.15) is 11.5 Å². The summed E-state index contributed by atoms with van der Waals surface area (Å²) in [4.78, 5) is 33.6. The predicted molar refractivity (Wildman–Crippen MR) is 120 cm³/mol. The average molecular weight is 438 g/mol. The predicted octanol–water partition coefficient (Wildman–Crippen LogP) is 4.11. The molecule has 152 valence electrons. The maximum atomic E-state index is 12.6. The molecule has 0 saturated heterocycles. The first kappa shape index (κ1) is 20.1. The molecule has 0 bridgehead atoms. The molecule has 0 aliphatic heterocycles. The van der Waals surface area contributed by atoms with Crippen LogP contribution in [0.25, 0.3) is 16.5 Å². The number of thioether (sulfide) groups is 1. The Balaban J connectivity index is 1.55. The highest BCUT2D eigenvalue weighted by molar-refractivity contribution is 7.99. The Morgan fingerprint density at radius 3 is 2.77 bits per heavy atom. The average Bonchev–Trinajstić information content (AvgIpc) is 3.38. The molecule has 0 spiro atoms. The topological polar surface area (TPSA) is 92.7 Å². The lowest BCUT2D eigenvalue weighted by Gasteiger charge is -2.08. The molecule has 1 aromatic carbocycles. The maximum Gasteiger partial charge on any atom is 0.252 e. The van der Waals surface area contributed by atoms with Crippen molar-refractivity contribution in [1.82, 2.24) is 19.7 Å². The Kier molecular flexibility index (Phi) is 6.10. The van der Waals surface area contributed by atoms with E-state index < -0.39 is 0 Å². The molecule has 9 heteroatoms. The third kappa shape index (κ3) is 4.87. The lowest BCUT2D eigenvalue weighted by atomic mass is 10.3. The summed E-state index contributed by atoms with van der Waals surface area (Å²) in [6.45, 7) is 1.74. The minimum absolute atomic E-state index is 0.132. The van der Waals surface area contributed by atoms with E-state index in [1.807, 2.05) is 47.8 Å². The van der Waals surface area contributed by atoms with Gasteiger partial charge in [-0.15, -0.1) is 23.1 Å². The van der Waals surface area contributed by atoms with Crippen molar-refractivity contribution in [1.29, 1.82) is 0 Å². The van der Waals surface area contributed by atoms with Gasteiger partial charge in [-0.2, -0.15) is 9.78 Å².